The smallest absolute Gasteiger partial charge is 0.326 e. The predicted octanol–water partition coefficient (Wildman–Crippen LogP) is 3.55. The minimum absolute atomic E-state index is 0.0271. The van der Waals surface area contributed by atoms with Crippen LogP contribution in [0.4, 0.5) is 17.1 Å². The number of amides is 1. The highest BCUT2D eigenvalue weighted by atomic mass is 35.5. The number of hydrogen-bond acceptors (Lipinski definition) is 7. The normalized spacial score (nSPS) is 12.3. The van der Waals surface area contributed by atoms with Gasteiger partial charge < -0.3 is 21.1 Å². The lowest BCUT2D eigenvalue weighted by Crippen LogP contribution is -2.44. The first-order valence-electron chi connectivity index (χ1n) is 10.2. The molecular formula is C23H22Cl2N4O5. The number of benzene rings is 1. The maximum Gasteiger partial charge on any atom is 0.326 e. The zero-order chi connectivity index (χ0) is 25.2. The fourth-order valence-corrected chi connectivity index (χ4v) is 3.72. The van der Waals surface area contributed by atoms with Gasteiger partial charge in [0.25, 0.3) is 16.8 Å². The van der Waals surface area contributed by atoms with Gasteiger partial charge in [-0.1, -0.05) is 35.3 Å². The van der Waals surface area contributed by atoms with E-state index in [0.717, 1.165) is 0 Å². The molecule has 0 fully saturated rings. The maximum atomic E-state index is 12.5. The number of carboxylic acid groups (broad SMARTS) is 1. The molecule has 0 aliphatic heterocycles. The zero-order valence-electron chi connectivity index (χ0n) is 18.5. The van der Waals surface area contributed by atoms with Crippen LogP contribution >= 0.6 is 23.2 Å². The number of aromatic nitrogens is 1. The third-order valence-electron chi connectivity index (χ3n) is 4.76. The van der Waals surface area contributed by atoms with Crippen molar-refractivity contribution in [3.63, 3.8) is 0 Å². The number of rotatable bonds is 8. The number of halogens is 2. The predicted molar refractivity (Wildman–Crippen MR) is 132 cm³/mol. The van der Waals surface area contributed by atoms with Crippen molar-refractivity contribution in [3.8, 4) is 0 Å². The monoisotopic (exact) mass is 504 g/mol. The van der Waals surface area contributed by atoms with E-state index in [0.29, 0.717) is 11.3 Å². The van der Waals surface area contributed by atoms with Crippen molar-refractivity contribution in [1.82, 2.24) is 4.98 Å². The number of nitrogens with one attached hydrogen (secondary N) is 3. The molecule has 0 aliphatic carbocycles. The first-order chi connectivity index (χ1) is 15.9. The molecule has 1 aromatic heterocycles. The Bertz CT molecular complexity index is 1290. The molecule has 1 heterocycles. The van der Waals surface area contributed by atoms with Gasteiger partial charge in [-0.3, -0.25) is 19.4 Å². The number of nitrogens with zero attached hydrogens (tertiary/aromatic N) is 1. The second-order valence-corrected chi connectivity index (χ2v) is 9.47. The lowest BCUT2D eigenvalue weighted by Gasteiger charge is -2.26. The van der Waals surface area contributed by atoms with Gasteiger partial charge in [0.1, 0.15) is 17.4 Å². The summed E-state index contributed by atoms with van der Waals surface area (Å²) in [5.74, 6) is -1.71. The van der Waals surface area contributed by atoms with Gasteiger partial charge in [-0.15, -0.1) is 0 Å². The van der Waals surface area contributed by atoms with E-state index in [1.54, 1.807) is 24.3 Å². The summed E-state index contributed by atoms with van der Waals surface area (Å²) < 4.78 is 0. The molecule has 11 heteroatoms. The number of hydrogen-bond donors (Lipinski definition) is 4. The van der Waals surface area contributed by atoms with Crippen molar-refractivity contribution >= 4 is 52.1 Å². The summed E-state index contributed by atoms with van der Waals surface area (Å²) in [5.41, 5.74) is -0.732. The summed E-state index contributed by atoms with van der Waals surface area (Å²) in [5, 5.41) is 18.1. The minimum Gasteiger partial charge on any atom is -0.480 e. The molecule has 2 aromatic carbocycles. The zero-order valence-corrected chi connectivity index (χ0v) is 20.0. The highest BCUT2D eigenvalue weighted by molar-refractivity contribution is 6.40. The SMILES string of the molecule is CC(C)(C)Nc1c(N[C@@H](Cc2ccc(NC(=O)c3c(Cl)cncc3Cl)cc2)C(=O)O)c(=O)c1=O. The number of aliphatic carboxylic acids is 1. The van der Waals surface area contributed by atoms with Crippen molar-refractivity contribution < 1.29 is 14.7 Å². The van der Waals surface area contributed by atoms with Crippen molar-refractivity contribution in [3.05, 3.63) is 78.3 Å². The van der Waals surface area contributed by atoms with Crippen molar-refractivity contribution in [2.75, 3.05) is 16.0 Å². The third-order valence-corrected chi connectivity index (χ3v) is 5.33. The second-order valence-electron chi connectivity index (χ2n) is 8.65. The molecular weight excluding hydrogens is 483 g/mol. The molecule has 1 atom stereocenters. The van der Waals surface area contributed by atoms with Crippen molar-refractivity contribution in [2.24, 2.45) is 0 Å². The van der Waals surface area contributed by atoms with Crippen molar-refractivity contribution in [2.45, 2.75) is 38.8 Å². The average molecular weight is 505 g/mol. The summed E-state index contributed by atoms with van der Waals surface area (Å²) >= 11 is 12.0. The number of anilines is 3. The van der Waals surface area contributed by atoms with Gasteiger partial charge in [0.2, 0.25) is 0 Å². The number of carboxylic acids is 1. The molecule has 1 amide bonds. The summed E-state index contributed by atoms with van der Waals surface area (Å²) in [6.45, 7) is 5.46. The number of pyridine rings is 1. The molecule has 0 bridgehead atoms. The van der Waals surface area contributed by atoms with E-state index in [-0.39, 0.29) is 33.4 Å². The van der Waals surface area contributed by atoms with E-state index < -0.39 is 34.3 Å². The second kappa shape index (κ2) is 9.82. The number of carbonyl (C=O) groups excluding carboxylic acids is 1. The Morgan fingerprint density at radius 1 is 1.00 bits per heavy atom. The van der Waals surface area contributed by atoms with E-state index in [9.17, 15) is 24.3 Å². The van der Waals surface area contributed by atoms with Gasteiger partial charge in [0.05, 0.1) is 15.6 Å². The quantitative estimate of drug-likeness (QED) is 0.341. The van der Waals surface area contributed by atoms with E-state index in [1.807, 2.05) is 20.8 Å². The Balaban J connectivity index is 1.72. The molecule has 178 valence electrons. The molecule has 0 saturated heterocycles. The summed E-state index contributed by atoms with van der Waals surface area (Å²) in [6.07, 6.45) is 2.64. The van der Waals surface area contributed by atoms with Gasteiger partial charge >= 0.3 is 5.97 Å². The molecule has 0 aliphatic rings. The summed E-state index contributed by atoms with van der Waals surface area (Å²) in [4.78, 5) is 52.0. The van der Waals surface area contributed by atoms with Crippen LogP contribution in [0.15, 0.2) is 46.2 Å². The Morgan fingerprint density at radius 3 is 2.09 bits per heavy atom. The van der Waals surface area contributed by atoms with Crippen molar-refractivity contribution in [1.29, 1.82) is 0 Å². The lowest BCUT2D eigenvalue weighted by molar-refractivity contribution is -0.137. The molecule has 0 spiro atoms. The maximum absolute atomic E-state index is 12.5. The topological polar surface area (TPSA) is 137 Å². The Morgan fingerprint density at radius 2 is 1.56 bits per heavy atom. The van der Waals surface area contributed by atoms with Crippen LogP contribution in [0, 0.1) is 0 Å². The van der Waals surface area contributed by atoms with Gasteiger partial charge in [-0.25, -0.2) is 4.79 Å². The first-order valence-corrected chi connectivity index (χ1v) is 10.9. The fourth-order valence-electron chi connectivity index (χ4n) is 3.18. The van der Waals surface area contributed by atoms with E-state index in [2.05, 4.69) is 20.9 Å². The van der Waals surface area contributed by atoms with Crippen LogP contribution in [-0.4, -0.2) is 33.5 Å². The molecule has 3 rings (SSSR count). The molecule has 0 unspecified atom stereocenters. The lowest BCUT2D eigenvalue weighted by atomic mass is 10.0. The Labute approximate surface area is 204 Å². The Hall–Kier alpha value is -3.43. The minimum atomic E-state index is -1.19. The third kappa shape index (κ3) is 5.73. The molecule has 3 aromatic rings. The standard InChI is InChI=1S/C23H22Cl2N4O5/c1-23(2,3)29-18-17(19(30)20(18)31)28-15(22(33)34)8-11-4-6-12(7-5-11)27-21(32)16-13(24)9-26-10-14(16)25/h4-7,9-10,15,28-29H,8H2,1-3H3,(H,27,32)(H,33,34)/t15-/m0/s1. The van der Waals surface area contributed by atoms with Crippen LogP contribution in [0.25, 0.3) is 0 Å². The molecule has 9 nitrogen and oxygen atoms in total. The van der Waals surface area contributed by atoms with Crippen LogP contribution in [-0.2, 0) is 11.2 Å². The molecule has 4 N–H and O–H groups in total. The average Bonchev–Trinajstić information content (AvgIpc) is 2.75. The van der Waals surface area contributed by atoms with Crippen LogP contribution in [0.2, 0.25) is 10.0 Å². The fraction of sp³-hybridized carbons (Fsp3) is 0.261. The molecule has 34 heavy (non-hydrogen) atoms. The van der Waals surface area contributed by atoms with Crippen LogP contribution in [0.1, 0.15) is 36.7 Å². The van der Waals surface area contributed by atoms with Crippen LogP contribution < -0.4 is 26.8 Å². The summed E-state index contributed by atoms with van der Waals surface area (Å²) in [7, 11) is 0. The molecule has 0 radical (unpaired) electrons. The van der Waals surface area contributed by atoms with Gasteiger partial charge in [-0.2, -0.15) is 0 Å². The van der Waals surface area contributed by atoms with Gasteiger partial charge in [0.15, 0.2) is 0 Å². The summed E-state index contributed by atoms with van der Waals surface area (Å²) in [6, 6.07) is 5.32. The van der Waals surface area contributed by atoms with E-state index in [4.69, 9.17) is 23.2 Å². The van der Waals surface area contributed by atoms with Crippen LogP contribution in [0.5, 0.6) is 0 Å². The van der Waals surface area contributed by atoms with E-state index >= 15 is 0 Å². The Kier molecular flexibility index (Phi) is 7.28. The van der Waals surface area contributed by atoms with Gasteiger partial charge in [-0.05, 0) is 38.5 Å². The van der Waals surface area contributed by atoms with Gasteiger partial charge in [0, 0.05) is 30.0 Å². The first kappa shape index (κ1) is 25.2. The molecule has 0 saturated carbocycles. The largest absolute Gasteiger partial charge is 0.480 e. The van der Waals surface area contributed by atoms with E-state index in [1.165, 1.54) is 12.4 Å². The van der Waals surface area contributed by atoms with Crippen LogP contribution in [0.3, 0.4) is 0 Å². The highest BCUT2D eigenvalue weighted by Crippen LogP contribution is 2.25. The number of carbonyl (C=O) groups is 2. The highest BCUT2D eigenvalue weighted by Gasteiger charge is 2.28.